The molecule has 102 valence electrons. The summed E-state index contributed by atoms with van der Waals surface area (Å²) in [5.41, 5.74) is 4.03. The van der Waals surface area contributed by atoms with Crippen molar-refractivity contribution in [2.45, 2.75) is 32.2 Å². The molecule has 0 bridgehead atoms. The second-order valence-corrected chi connectivity index (χ2v) is 4.75. The molecular formula is C13H24N4O. The Hall–Kier alpha value is -0.910. The lowest BCUT2D eigenvalue weighted by atomic mass is 9.96. The van der Waals surface area contributed by atoms with Gasteiger partial charge in [0.05, 0.1) is 12.3 Å². The summed E-state index contributed by atoms with van der Waals surface area (Å²) in [7, 11) is 1.72. The predicted octanol–water partition coefficient (Wildman–Crippen LogP) is 0.614. The third-order valence-electron chi connectivity index (χ3n) is 3.40. The average Bonchev–Trinajstić information content (AvgIpc) is 2.81. The molecule has 1 aromatic heterocycles. The molecule has 3 N–H and O–H groups in total. The van der Waals surface area contributed by atoms with Crippen molar-refractivity contribution < 1.29 is 4.74 Å². The first-order valence-corrected chi connectivity index (χ1v) is 6.87. The number of aryl methyl sites for hydroxylation is 1. The first-order chi connectivity index (χ1) is 8.92. The number of ether oxygens (including phenoxy) is 1. The molecule has 0 spiro atoms. The number of fused-ring (bicyclic) bond motifs is 1. The number of hydrogen-bond acceptors (Lipinski definition) is 4. The summed E-state index contributed by atoms with van der Waals surface area (Å²) < 4.78 is 4.97. The number of nitrogens with one attached hydrogen (secondary N) is 3. The van der Waals surface area contributed by atoms with Crippen molar-refractivity contribution in [3.05, 3.63) is 17.0 Å². The second-order valence-electron chi connectivity index (χ2n) is 4.75. The van der Waals surface area contributed by atoms with E-state index in [0.29, 0.717) is 0 Å². The largest absolute Gasteiger partial charge is 0.383 e. The van der Waals surface area contributed by atoms with Gasteiger partial charge in [0.1, 0.15) is 0 Å². The zero-order valence-electron chi connectivity index (χ0n) is 11.2. The Morgan fingerprint density at radius 3 is 2.89 bits per heavy atom. The van der Waals surface area contributed by atoms with Crippen LogP contribution in [0.1, 0.15) is 29.8 Å². The number of aromatic nitrogens is 2. The zero-order chi connectivity index (χ0) is 12.6. The van der Waals surface area contributed by atoms with Crippen molar-refractivity contribution in [1.29, 1.82) is 0 Å². The van der Waals surface area contributed by atoms with Gasteiger partial charge >= 0.3 is 0 Å². The number of hydrogen-bond donors (Lipinski definition) is 3. The SMILES string of the molecule is COCCNCCNCc1n[nH]c2c1CCCC2. The maximum atomic E-state index is 4.97. The standard InChI is InChI=1S/C13H24N4O/c1-18-9-8-14-6-7-15-10-13-11-4-2-3-5-12(11)16-17-13/h14-15H,2-10H2,1H3,(H,16,17). The average molecular weight is 252 g/mol. The smallest absolute Gasteiger partial charge is 0.0794 e. The van der Waals surface area contributed by atoms with Crippen LogP contribution in [0.4, 0.5) is 0 Å². The fraction of sp³-hybridized carbons (Fsp3) is 0.769. The van der Waals surface area contributed by atoms with Gasteiger partial charge in [0.25, 0.3) is 0 Å². The summed E-state index contributed by atoms with van der Waals surface area (Å²) >= 11 is 0. The molecule has 5 nitrogen and oxygen atoms in total. The molecule has 0 saturated carbocycles. The number of rotatable bonds is 8. The molecule has 0 atom stereocenters. The predicted molar refractivity (Wildman–Crippen MR) is 71.7 cm³/mol. The molecule has 5 heteroatoms. The van der Waals surface area contributed by atoms with Crippen molar-refractivity contribution in [3.8, 4) is 0 Å². The maximum Gasteiger partial charge on any atom is 0.0794 e. The van der Waals surface area contributed by atoms with Crippen LogP contribution in [0, 0.1) is 0 Å². The number of nitrogens with zero attached hydrogens (tertiary/aromatic N) is 1. The van der Waals surface area contributed by atoms with Crippen LogP contribution < -0.4 is 10.6 Å². The topological polar surface area (TPSA) is 62.0 Å². The van der Waals surface area contributed by atoms with Crippen molar-refractivity contribution in [3.63, 3.8) is 0 Å². The summed E-state index contributed by atoms with van der Waals surface area (Å²) in [5, 5.41) is 14.3. The molecule has 0 aliphatic heterocycles. The van der Waals surface area contributed by atoms with Crippen LogP contribution in [0.25, 0.3) is 0 Å². The van der Waals surface area contributed by atoms with E-state index in [2.05, 4.69) is 20.8 Å². The van der Waals surface area contributed by atoms with Crippen LogP contribution in [-0.2, 0) is 24.1 Å². The van der Waals surface area contributed by atoms with Crippen molar-refractivity contribution >= 4 is 0 Å². The minimum atomic E-state index is 0.771. The Morgan fingerprint density at radius 2 is 2.00 bits per heavy atom. The first-order valence-electron chi connectivity index (χ1n) is 6.87. The summed E-state index contributed by atoms with van der Waals surface area (Å²) in [6.45, 7) is 4.49. The summed E-state index contributed by atoms with van der Waals surface area (Å²) in [4.78, 5) is 0. The van der Waals surface area contributed by atoms with E-state index in [0.717, 1.165) is 32.8 Å². The van der Waals surface area contributed by atoms with Crippen molar-refractivity contribution in [2.24, 2.45) is 0 Å². The molecule has 1 aliphatic rings. The Labute approximate surface area is 109 Å². The molecular weight excluding hydrogens is 228 g/mol. The number of methoxy groups -OCH3 is 1. The highest BCUT2D eigenvalue weighted by Gasteiger charge is 2.15. The van der Waals surface area contributed by atoms with Crippen molar-refractivity contribution in [1.82, 2.24) is 20.8 Å². The molecule has 0 fully saturated rings. The van der Waals surface area contributed by atoms with E-state index in [9.17, 15) is 0 Å². The van der Waals surface area contributed by atoms with Gasteiger partial charge in [0.15, 0.2) is 0 Å². The van der Waals surface area contributed by atoms with E-state index in [-0.39, 0.29) is 0 Å². The fourth-order valence-corrected chi connectivity index (χ4v) is 2.38. The lowest BCUT2D eigenvalue weighted by Gasteiger charge is -2.11. The monoisotopic (exact) mass is 252 g/mol. The minimum Gasteiger partial charge on any atom is -0.383 e. The maximum absolute atomic E-state index is 4.97. The third-order valence-corrected chi connectivity index (χ3v) is 3.40. The number of aromatic amines is 1. The van der Waals surface area contributed by atoms with Gasteiger partial charge in [0, 0.05) is 39.0 Å². The van der Waals surface area contributed by atoms with Crippen LogP contribution in [0.2, 0.25) is 0 Å². The van der Waals surface area contributed by atoms with Crippen LogP contribution in [0.15, 0.2) is 0 Å². The zero-order valence-corrected chi connectivity index (χ0v) is 11.2. The van der Waals surface area contributed by atoms with Gasteiger partial charge in [-0.2, -0.15) is 5.10 Å². The molecule has 1 aromatic rings. The molecule has 0 unspecified atom stereocenters. The molecule has 0 aromatic carbocycles. The summed E-state index contributed by atoms with van der Waals surface area (Å²) in [6.07, 6.45) is 4.96. The van der Waals surface area contributed by atoms with E-state index in [4.69, 9.17) is 4.74 Å². The van der Waals surface area contributed by atoms with Crippen LogP contribution in [0.3, 0.4) is 0 Å². The molecule has 0 saturated heterocycles. The van der Waals surface area contributed by atoms with Crippen molar-refractivity contribution in [2.75, 3.05) is 33.4 Å². The molecule has 18 heavy (non-hydrogen) atoms. The lowest BCUT2D eigenvalue weighted by molar-refractivity contribution is 0.199. The highest BCUT2D eigenvalue weighted by atomic mass is 16.5. The normalized spacial score (nSPS) is 14.7. The van der Waals surface area contributed by atoms with Gasteiger partial charge < -0.3 is 15.4 Å². The Kier molecular flexibility index (Phi) is 5.64. The molecule has 0 amide bonds. The van der Waals surface area contributed by atoms with Gasteiger partial charge in [-0.3, -0.25) is 5.10 Å². The first kappa shape index (κ1) is 13.5. The van der Waals surface area contributed by atoms with Gasteiger partial charge in [-0.15, -0.1) is 0 Å². The summed E-state index contributed by atoms with van der Waals surface area (Å²) in [5.74, 6) is 0. The lowest BCUT2D eigenvalue weighted by Crippen LogP contribution is -2.29. The van der Waals surface area contributed by atoms with E-state index >= 15 is 0 Å². The highest BCUT2D eigenvalue weighted by molar-refractivity contribution is 5.27. The Balaban J connectivity index is 1.63. The highest BCUT2D eigenvalue weighted by Crippen LogP contribution is 2.21. The van der Waals surface area contributed by atoms with Gasteiger partial charge in [-0.25, -0.2) is 0 Å². The number of H-pyrrole nitrogens is 1. The van der Waals surface area contributed by atoms with Crippen LogP contribution in [-0.4, -0.2) is 43.5 Å². The Morgan fingerprint density at radius 1 is 1.17 bits per heavy atom. The van der Waals surface area contributed by atoms with E-state index in [1.165, 1.54) is 42.6 Å². The van der Waals surface area contributed by atoms with E-state index in [1.807, 2.05) is 0 Å². The van der Waals surface area contributed by atoms with E-state index in [1.54, 1.807) is 7.11 Å². The van der Waals surface area contributed by atoms with Gasteiger partial charge in [-0.05, 0) is 31.2 Å². The Bertz CT molecular complexity index is 351. The quantitative estimate of drug-likeness (QED) is 0.593. The summed E-state index contributed by atoms with van der Waals surface area (Å²) in [6, 6.07) is 0. The minimum absolute atomic E-state index is 0.771. The van der Waals surface area contributed by atoms with Crippen LogP contribution >= 0.6 is 0 Å². The van der Waals surface area contributed by atoms with E-state index < -0.39 is 0 Å². The van der Waals surface area contributed by atoms with Crippen LogP contribution in [0.5, 0.6) is 0 Å². The van der Waals surface area contributed by atoms with Gasteiger partial charge in [-0.1, -0.05) is 0 Å². The second kappa shape index (κ2) is 7.51. The molecule has 1 aliphatic carbocycles. The third kappa shape index (κ3) is 3.80. The molecule has 0 radical (unpaired) electrons. The van der Waals surface area contributed by atoms with Gasteiger partial charge in [0.2, 0.25) is 0 Å². The fourth-order valence-electron chi connectivity index (χ4n) is 2.38. The molecule has 1 heterocycles. The molecule has 2 rings (SSSR count).